The minimum atomic E-state index is -0.471. The summed E-state index contributed by atoms with van der Waals surface area (Å²) in [6.07, 6.45) is 0.923. The number of esters is 1. The summed E-state index contributed by atoms with van der Waals surface area (Å²) in [6, 6.07) is 15.3. The van der Waals surface area contributed by atoms with Crippen molar-refractivity contribution >= 4 is 34.0 Å². The number of anilines is 1. The van der Waals surface area contributed by atoms with Gasteiger partial charge in [0.15, 0.2) is 5.65 Å². The van der Waals surface area contributed by atoms with E-state index in [0.29, 0.717) is 35.7 Å². The molecule has 0 bridgehead atoms. The second-order valence-corrected chi connectivity index (χ2v) is 7.69. The van der Waals surface area contributed by atoms with Crippen molar-refractivity contribution in [1.29, 1.82) is 0 Å². The van der Waals surface area contributed by atoms with Gasteiger partial charge in [0.05, 0.1) is 31.3 Å². The van der Waals surface area contributed by atoms with Gasteiger partial charge < -0.3 is 19.8 Å². The second kappa shape index (κ2) is 8.63. The van der Waals surface area contributed by atoms with Gasteiger partial charge in [-0.05, 0) is 35.7 Å². The van der Waals surface area contributed by atoms with Crippen molar-refractivity contribution in [3.05, 3.63) is 59.7 Å². The molecule has 31 heavy (non-hydrogen) atoms. The molecule has 1 atom stereocenters. The largest absolute Gasteiger partial charge is 0.497 e. The molecular formula is C24H26N4O3. The Kier molecular flexibility index (Phi) is 5.75. The number of hydrogen-bond acceptors (Lipinski definition) is 6. The topological polar surface area (TPSA) is 92.3 Å². The van der Waals surface area contributed by atoms with E-state index in [-0.39, 0.29) is 11.5 Å². The van der Waals surface area contributed by atoms with Crippen LogP contribution in [0.4, 0.5) is 5.82 Å². The summed E-state index contributed by atoms with van der Waals surface area (Å²) in [5.74, 6) is 0.870. The Hall–Kier alpha value is -3.61. The Morgan fingerprint density at radius 3 is 2.42 bits per heavy atom. The zero-order chi connectivity index (χ0) is 22.0. The van der Waals surface area contributed by atoms with E-state index in [4.69, 9.17) is 25.2 Å². The molecule has 0 aliphatic rings. The SMILES string of the molecule is CC[C@H](C)COC(=O)c1c(N)n(Cc2ccc(OC)cc2)c2nc3ccccc3nc12. The van der Waals surface area contributed by atoms with Crippen molar-refractivity contribution < 1.29 is 14.3 Å². The van der Waals surface area contributed by atoms with Gasteiger partial charge >= 0.3 is 5.97 Å². The van der Waals surface area contributed by atoms with E-state index in [9.17, 15) is 4.79 Å². The lowest BCUT2D eigenvalue weighted by Gasteiger charge is -2.10. The van der Waals surface area contributed by atoms with Crippen LogP contribution in [-0.4, -0.2) is 34.2 Å². The molecule has 0 spiro atoms. The van der Waals surface area contributed by atoms with Crippen molar-refractivity contribution in [1.82, 2.24) is 14.5 Å². The van der Waals surface area contributed by atoms with Crippen LogP contribution in [0.1, 0.15) is 36.2 Å². The number of methoxy groups -OCH3 is 1. The van der Waals surface area contributed by atoms with E-state index >= 15 is 0 Å². The van der Waals surface area contributed by atoms with Crippen LogP contribution in [0.5, 0.6) is 5.75 Å². The molecule has 0 radical (unpaired) electrons. The predicted molar refractivity (Wildman–Crippen MR) is 121 cm³/mol. The summed E-state index contributed by atoms with van der Waals surface area (Å²) >= 11 is 0. The highest BCUT2D eigenvalue weighted by Crippen LogP contribution is 2.29. The Bertz CT molecular complexity index is 1230. The molecule has 160 valence electrons. The average molecular weight is 418 g/mol. The van der Waals surface area contributed by atoms with Crippen LogP contribution in [-0.2, 0) is 11.3 Å². The highest BCUT2D eigenvalue weighted by Gasteiger charge is 2.25. The quantitative estimate of drug-likeness (QED) is 0.447. The number of aromatic nitrogens is 3. The molecule has 0 saturated heterocycles. The zero-order valence-corrected chi connectivity index (χ0v) is 18.0. The first-order valence-corrected chi connectivity index (χ1v) is 10.4. The molecular weight excluding hydrogens is 392 g/mol. The number of para-hydroxylation sites is 2. The Balaban J connectivity index is 1.82. The summed E-state index contributed by atoms with van der Waals surface area (Å²) in [7, 11) is 1.63. The normalized spacial score (nSPS) is 12.2. The fraction of sp³-hybridized carbons (Fsp3) is 0.292. The average Bonchev–Trinajstić information content (AvgIpc) is 3.06. The first-order valence-electron chi connectivity index (χ1n) is 10.4. The van der Waals surface area contributed by atoms with Gasteiger partial charge in [0.1, 0.15) is 22.6 Å². The van der Waals surface area contributed by atoms with Crippen molar-refractivity contribution in [3.63, 3.8) is 0 Å². The predicted octanol–water partition coefficient (Wildman–Crippen LogP) is 4.43. The molecule has 0 aliphatic carbocycles. The molecule has 4 rings (SSSR count). The van der Waals surface area contributed by atoms with E-state index < -0.39 is 5.97 Å². The van der Waals surface area contributed by atoms with Gasteiger partial charge in [0.2, 0.25) is 0 Å². The summed E-state index contributed by atoms with van der Waals surface area (Å²) in [5, 5.41) is 0. The monoisotopic (exact) mass is 418 g/mol. The van der Waals surface area contributed by atoms with Crippen molar-refractivity contribution in [3.8, 4) is 5.75 Å². The number of nitrogens with two attached hydrogens (primary N) is 1. The van der Waals surface area contributed by atoms with E-state index in [1.54, 1.807) is 7.11 Å². The maximum absolute atomic E-state index is 13.0. The summed E-state index contributed by atoms with van der Waals surface area (Å²) in [6.45, 7) is 4.88. The van der Waals surface area contributed by atoms with Crippen molar-refractivity contribution in [2.75, 3.05) is 19.5 Å². The van der Waals surface area contributed by atoms with Crippen LogP contribution in [0.25, 0.3) is 22.2 Å². The van der Waals surface area contributed by atoms with Crippen LogP contribution >= 0.6 is 0 Å². The van der Waals surface area contributed by atoms with Crippen molar-refractivity contribution in [2.45, 2.75) is 26.8 Å². The summed E-state index contributed by atoms with van der Waals surface area (Å²) < 4.78 is 12.6. The van der Waals surface area contributed by atoms with Gasteiger partial charge in [-0.2, -0.15) is 0 Å². The molecule has 0 aliphatic heterocycles. The molecule has 2 aromatic heterocycles. The number of hydrogen-bond donors (Lipinski definition) is 1. The van der Waals surface area contributed by atoms with Crippen LogP contribution < -0.4 is 10.5 Å². The second-order valence-electron chi connectivity index (χ2n) is 7.69. The van der Waals surface area contributed by atoms with E-state index in [2.05, 4.69) is 6.92 Å². The lowest BCUT2D eigenvalue weighted by molar-refractivity contribution is 0.0450. The number of carbonyl (C=O) groups is 1. The van der Waals surface area contributed by atoms with Crippen LogP contribution in [0.3, 0.4) is 0 Å². The molecule has 2 heterocycles. The summed E-state index contributed by atoms with van der Waals surface area (Å²) in [5.41, 5.74) is 10.2. The number of nitrogens with zero attached hydrogens (tertiary/aromatic N) is 3. The van der Waals surface area contributed by atoms with Gasteiger partial charge in [-0.15, -0.1) is 0 Å². The molecule has 7 heteroatoms. The standard InChI is InChI=1S/C24H26N4O3/c1-4-15(2)14-31-24(29)20-21-23(27-19-8-6-5-7-18(19)26-21)28(22(20)25)13-16-9-11-17(30-3)12-10-16/h5-12,15H,4,13-14,25H2,1-3H3/t15-/m0/s1. The molecule has 0 fully saturated rings. The van der Waals surface area contributed by atoms with E-state index in [1.807, 2.05) is 60.0 Å². The lowest BCUT2D eigenvalue weighted by Crippen LogP contribution is -2.14. The Morgan fingerprint density at radius 1 is 1.10 bits per heavy atom. The number of benzene rings is 2. The third kappa shape index (κ3) is 4.03. The van der Waals surface area contributed by atoms with Gasteiger partial charge in [-0.3, -0.25) is 0 Å². The zero-order valence-electron chi connectivity index (χ0n) is 18.0. The third-order valence-corrected chi connectivity index (χ3v) is 5.49. The van der Waals surface area contributed by atoms with E-state index in [0.717, 1.165) is 23.3 Å². The fourth-order valence-corrected chi connectivity index (χ4v) is 3.40. The molecule has 0 unspecified atom stereocenters. The molecule has 0 saturated carbocycles. The van der Waals surface area contributed by atoms with Crippen molar-refractivity contribution in [2.24, 2.45) is 5.92 Å². The van der Waals surface area contributed by atoms with Crippen LogP contribution in [0, 0.1) is 5.92 Å². The van der Waals surface area contributed by atoms with Gasteiger partial charge in [-0.25, -0.2) is 14.8 Å². The first-order chi connectivity index (χ1) is 15.0. The highest BCUT2D eigenvalue weighted by molar-refractivity contribution is 6.08. The summed E-state index contributed by atoms with van der Waals surface area (Å²) in [4.78, 5) is 22.5. The van der Waals surface area contributed by atoms with Crippen LogP contribution in [0.2, 0.25) is 0 Å². The lowest BCUT2D eigenvalue weighted by atomic mass is 10.1. The minimum Gasteiger partial charge on any atom is -0.497 e. The maximum atomic E-state index is 13.0. The smallest absolute Gasteiger partial charge is 0.344 e. The van der Waals surface area contributed by atoms with Crippen LogP contribution in [0.15, 0.2) is 48.5 Å². The minimum absolute atomic E-state index is 0.268. The fourth-order valence-electron chi connectivity index (χ4n) is 3.40. The number of ether oxygens (including phenoxy) is 2. The van der Waals surface area contributed by atoms with Gasteiger partial charge in [0.25, 0.3) is 0 Å². The Labute approximate surface area is 180 Å². The Morgan fingerprint density at radius 2 is 1.77 bits per heavy atom. The number of fused-ring (bicyclic) bond motifs is 2. The molecule has 0 amide bonds. The number of rotatable bonds is 7. The van der Waals surface area contributed by atoms with Gasteiger partial charge in [0, 0.05) is 0 Å². The first kappa shape index (κ1) is 20.7. The molecule has 2 N–H and O–H groups in total. The number of nitrogen functional groups attached to an aromatic ring is 1. The molecule has 7 nitrogen and oxygen atoms in total. The molecule has 2 aromatic carbocycles. The maximum Gasteiger partial charge on any atom is 0.344 e. The van der Waals surface area contributed by atoms with Gasteiger partial charge in [-0.1, -0.05) is 44.5 Å². The molecule has 4 aromatic rings. The van der Waals surface area contributed by atoms with E-state index in [1.165, 1.54) is 0 Å². The third-order valence-electron chi connectivity index (χ3n) is 5.49. The highest BCUT2D eigenvalue weighted by atomic mass is 16.5. The number of carbonyl (C=O) groups excluding carboxylic acids is 1.